The summed E-state index contributed by atoms with van der Waals surface area (Å²) >= 11 is 0. The predicted octanol–water partition coefficient (Wildman–Crippen LogP) is 0.493. The van der Waals surface area contributed by atoms with Gasteiger partial charge in [0.15, 0.2) is 0 Å². The van der Waals surface area contributed by atoms with Crippen LogP contribution < -0.4 is 11.3 Å². The summed E-state index contributed by atoms with van der Waals surface area (Å²) in [5.74, 6) is 5.16. The molecule has 0 spiro atoms. The molecule has 4 N–H and O–H groups in total. The van der Waals surface area contributed by atoms with Crippen LogP contribution in [0.1, 0.15) is 29.3 Å². The van der Waals surface area contributed by atoms with E-state index in [0.717, 1.165) is 31.6 Å². The van der Waals surface area contributed by atoms with Gasteiger partial charge in [-0.3, -0.25) is 15.1 Å². The second-order valence-corrected chi connectivity index (χ2v) is 5.24. The van der Waals surface area contributed by atoms with Crippen LogP contribution in [0, 0.1) is 5.92 Å². The van der Waals surface area contributed by atoms with Crippen LogP contribution in [0.2, 0.25) is 0 Å². The van der Waals surface area contributed by atoms with Gasteiger partial charge in [-0.2, -0.15) is 0 Å². The van der Waals surface area contributed by atoms with Gasteiger partial charge in [0.25, 0.3) is 5.91 Å². The molecule has 0 aliphatic carbocycles. The number of hydrogen-bond donors (Lipinski definition) is 3. The topological polar surface area (TPSA) is 78.6 Å². The van der Waals surface area contributed by atoms with Crippen LogP contribution in [0.25, 0.3) is 0 Å². The van der Waals surface area contributed by atoms with Crippen LogP contribution >= 0.6 is 0 Å². The number of hydrogen-bond acceptors (Lipinski definition) is 4. The first-order valence-electron chi connectivity index (χ1n) is 6.60. The molecule has 1 saturated heterocycles. The summed E-state index contributed by atoms with van der Waals surface area (Å²) in [7, 11) is 0. The maximum Gasteiger partial charge on any atom is 0.265 e. The van der Waals surface area contributed by atoms with E-state index in [1.54, 1.807) is 6.07 Å². The number of carbonyl (C=O) groups is 1. The Morgan fingerprint density at radius 1 is 1.58 bits per heavy atom. The molecular formula is C14H21N3O2. The normalized spacial score (nSPS) is 24.2. The molecule has 2 unspecified atom stereocenters. The van der Waals surface area contributed by atoms with Crippen LogP contribution in [0.5, 0.6) is 0 Å². The number of aliphatic hydroxyl groups is 1. The Labute approximate surface area is 113 Å². The molecule has 0 bridgehead atoms. The Morgan fingerprint density at radius 3 is 3.05 bits per heavy atom. The molecule has 0 radical (unpaired) electrons. The van der Waals surface area contributed by atoms with Gasteiger partial charge in [0, 0.05) is 25.2 Å². The van der Waals surface area contributed by atoms with Crippen LogP contribution in [0.15, 0.2) is 24.3 Å². The average molecular weight is 263 g/mol. The van der Waals surface area contributed by atoms with Crippen molar-refractivity contribution in [3.8, 4) is 0 Å². The minimum absolute atomic E-state index is 0.189. The highest BCUT2D eigenvalue weighted by molar-refractivity contribution is 5.93. The number of benzene rings is 1. The zero-order valence-corrected chi connectivity index (χ0v) is 11.2. The molecular weight excluding hydrogens is 242 g/mol. The summed E-state index contributed by atoms with van der Waals surface area (Å²) in [6.45, 7) is 4.63. The summed E-state index contributed by atoms with van der Waals surface area (Å²) in [5, 5.41) is 9.72. The van der Waals surface area contributed by atoms with Gasteiger partial charge < -0.3 is 5.11 Å². The number of nitrogen functional groups attached to an aromatic ring is 1. The van der Waals surface area contributed by atoms with Crippen LogP contribution in [0.3, 0.4) is 0 Å². The number of hydrazine groups is 1. The number of rotatable bonds is 3. The molecule has 1 heterocycles. The van der Waals surface area contributed by atoms with Crippen molar-refractivity contribution in [3.63, 3.8) is 0 Å². The standard InChI is InChI=1S/C14H21N3O2/c1-10-8-17(6-5-13(10)18)9-11-3-2-4-12(7-11)14(19)16-15/h2-4,7,10,13,18H,5-6,8-9,15H2,1H3,(H,16,19). The SMILES string of the molecule is CC1CN(Cc2cccc(C(=O)NN)c2)CCC1O. The van der Waals surface area contributed by atoms with Gasteiger partial charge in [-0.05, 0) is 30.0 Å². The van der Waals surface area contributed by atoms with Gasteiger partial charge in [0.2, 0.25) is 0 Å². The number of nitrogens with one attached hydrogen (secondary N) is 1. The fourth-order valence-corrected chi connectivity index (χ4v) is 2.52. The molecule has 1 amide bonds. The Morgan fingerprint density at radius 2 is 2.37 bits per heavy atom. The van der Waals surface area contributed by atoms with Crippen molar-refractivity contribution in [3.05, 3.63) is 35.4 Å². The maximum atomic E-state index is 11.5. The van der Waals surface area contributed by atoms with E-state index in [9.17, 15) is 9.90 Å². The van der Waals surface area contributed by atoms with Gasteiger partial charge in [-0.15, -0.1) is 0 Å². The highest BCUT2D eigenvalue weighted by Gasteiger charge is 2.24. The first-order valence-corrected chi connectivity index (χ1v) is 6.60. The van der Waals surface area contributed by atoms with Crippen molar-refractivity contribution in [1.29, 1.82) is 0 Å². The van der Waals surface area contributed by atoms with Gasteiger partial charge >= 0.3 is 0 Å². The molecule has 2 rings (SSSR count). The third-order valence-corrected chi connectivity index (χ3v) is 3.67. The van der Waals surface area contributed by atoms with E-state index in [1.165, 1.54) is 0 Å². The largest absolute Gasteiger partial charge is 0.393 e. The molecule has 2 atom stereocenters. The van der Waals surface area contributed by atoms with Crippen molar-refractivity contribution < 1.29 is 9.90 Å². The summed E-state index contributed by atoms with van der Waals surface area (Å²) in [6, 6.07) is 7.47. The maximum absolute atomic E-state index is 11.5. The Bertz CT molecular complexity index is 450. The van der Waals surface area contributed by atoms with Gasteiger partial charge in [0.1, 0.15) is 0 Å². The van der Waals surface area contributed by atoms with Crippen LogP contribution in [0.4, 0.5) is 0 Å². The minimum atomic E-state index is -0.274. The van der Waals surface area contributed by atoms with Crippen molar-refractivity contribution in [1.82, 2.24) is 10.3 Å². The number of carbonyl (C=O) groups excluding carboxylic acids is 1. The number of likely N-dealkylation sites (tertiary alicyclic amines) is 1. The van der Waals surface area contributed by atoms with Crippen molar-refractivity contribution in [2.75, 3.05) is 13.1 Å². The Hall–Kier alpha value is -1.43. The summed E-state index contributed by atoms with van der Waals surface area (Å²) in [6.07, 6.45) is 0.620. The van der Waals surface area contributed by atoms with Crippen LogP contribution in [-0.4, -0.2) is 35.1 Å². The molecule has 1 aliphatic heterocycles. The zero-order chi connectivity index (χ0) is 13.8. The van der Waals surface area contributed by atoms with Gasteiger partial charge in [-0.25, -0.2) is 5.84 Å². The molecule has 1 aromatic carbocycles. The molecule has 0 saturated carbocycles. The van der Waals surface area contributed by atoms with E-state index >= 15 is 0 Å². The third kappa shape index (κ3) is 3.53. The van der Waals surface area contributed by atoms with E-state index < -0.39 is 0 Å². The van der Waals surface area contributed by atoms with E-state index in [0.29, 0.717) is 11.5 Å². The smallest absolute Gasteiger partial charge is 0.265 e. The zero-order valence-electron chi connectivity index (χ0n) is 11.2. The molecule has 19 heavy (non-hydrogen) atoms. The van der Waals surface area contributed by atoms with Crippen molar-refractivity contribution >= 4 is 5.91 Å². The molecule has 5 nitrogen and oxygen atoms in total. The summed E-state index contributed by atoms with van der Waals surface area (Å²) < 4.78 is 0. The number of nitrogens with two attached hydrogens (primary N) is 1. The Kier molecular flexibility index (Phi) is 4.52. The monoisotopic (exact) mass is 263 g/mol. The van der Waals surface area contributed by atoms with E-state index in [2.05, 4.69) is 17.2 Å². The first-order chi connectivity index (χ1) is 9.10. The Balaban J connectivity index is 2.01. The summed E-state index contributed by atoms with van der Waals surface area (Å²) in [5.41, 5.74) is 3.80. The van der Waals surface area contributed by atoms with Crippen LogP contribution in [-0.2, 0) is 6.54 Å². The van der Waals surface area contributed by atoms with Gasteiger partial charge in [-0.1, -0.05) is 19.1 Å². The van der Waals surface area contributed by atoms with Crippen molar-refractivity contribution in [2.24, 2.45) is 11.8 Å². The predicted molar refractivity (Wildman–Crippen MR) is 73.2 cm³/mol. The molecule has 1 fully saturated rings. The average Bonchev–Trinajstić information content (AvgIpc) is 2.42. The molecule has 1 aromatic rings. The number of amides is 1. The number of piperidine rings is 1. The highest BCUT2D eigenvalue weighted by Crippen LogP contribution is 2.19. The molecule has 5 heteroatoms. The molecule has 104 valence electrons. The third-order valence-electron chi connectivity index (χ3n) is 3.67. The summed E-state index contributed by atoms with van der Waals surface area (Å²) in [4.78, 5) is 13.8. The minimum Gasteiger partial charge on any atom is -0.393 e. The quantitative estimate of drug-likeness (QED) is 0.421. The van der Waals surface area contributed by atoms with E-state index in [4.69, 9.17) is 5.84 Å². The van der Waals surface area contributed by atoms with Gasteiger partial charge in [0.05, 0.1) is 6.10 Å². The molecule has 0 aromatic heterocycles. The fourth-order valence-electron chi connectivity index (χ4n) is 2.52. The first kappa shape index (κ1) is 14.0. The van der Waals surface area contributed by atoms with E-state index in [-0.39, 0.29) is 12.0 Å². The lowest BCUT2D eigenvalue weighted by Crippen LogP contribution is -2.41. The number of nitrogens with zero attached hydrogens (tertiary/aromatic N) is 1. The molecule has 1 aliphatic rings. The second-order valence-electron chi connectivity index (χ2n) is 5.24. The number of aliphatic hydroxyl groups excluding tert-OH is 1. The highest BCUT2D eigenvalue weighted by atomic mass is 16.3. The lowest BCUT2D eigenvalue weighted by molar-refractivity contribution is 0.0320. The van der Waals surface area contributed by atoms with E-state index in [1.807, 2.05) is 18.2 Å². The van der Waals surface area contributed by atoms with Crippen molar-refractivity contribution in [2.45, 2.75) is 26.0 Å². The lowest BCUT2D eigenvalue weighted by atomic mass is 9.96. The second kappa shape index (κ2) is 6.14. The lowest BCUT2D eigenvalue weighted by Gasteiger charge is -2.34. The fraction of sp³-hybridized carbons (Fsp3) is 0.500.